The highest BCUT2D eigenvalue weighted by Crippen LogP contribution is 2.43. The van der Waals surface area contributed by atoms with E-state index in [4.69, 9.17) is 27.4 Å². The number of halogens is 1. The minimum absolute atomic E-state index is 0.00183. The van der Waals surface area contributed by atoms with Crippen LogP contribution in [0.4, 0.5) is 4.39 Å². The van der Waals surface area contributed by atoms with Crippen LogP contribution in [-0.4, -0.2) is 23.3 Å². The molecule has 0 aromatic heterocycles. The molecule has 1 aliphatic heterocycles. The molecule has 20 heavy (non-hydrogen) atoms. The van der Waals surface area contributed by atoms with E-state index in [2.05, 4.69) is 0 Å². The van der Waals surface area contributed by atoms with Gasteiger partial charge in [-0.05, 0) is 37.5 Å². The van der Waals surface area contributed by atoms with Gasteiger partial charge in [0.05, 0.1) is 12.2 Å². The molecule has 1 aliphatic carbocycles. The van der Waals surface area contributed by atoms with Gasteiger partial charge in [0.2, 0.25) is 0 Å². The molecule has 1 aromatic rings. The summed E-state index contributed by atoms with van der Waals surface area (Å²) in [4.78, 5) is 0.190. The largest absolute Gasteiger partial charge is 0.487 e. The first-order chi connectivity index (χ1) is 9.58. The molecular formula is C15H18FNO2S. The van der Waals surface area contributed by atoms with Crippen LogP contribution >= 0.6 is 12.2 Å². The van der Waals surface area contributed by atoms with Gasteiger partial charge in [0.15, 0.2) is 11.6 Å². The predicted octanol–water partition coefficient (Wildman–Crippen LogP) is 2.94. The quantitative estimate of drug-likeness (QED) is 0.871. The molecule has 1 saturated carbocycles. The van der Waals surface area contributed by atoms with Gasteiger partial charge in [-0.1, -0.05) is 12.2 Å². The first-order valence-electron chi connectivity index (χ1n) is 6.98. The van der Waals surface area contributed by atoms with E-state index in [0.717, 1.165) is 25.7 Å². The summed E-state index contributed by atoms with van der Waals surface area (Å²) in [6, 6.07) is 4.63. The molecule has 2 fully saturated rings. The summed E-state index contributed by atoms with van der Waals surface area (Å²) in [5, 5.41) is 0. The number of rotatable bonds is 3. The highest BCUT2D eigenvalue weighted by molar-refractivity contribution is 7.80. The second-order valence-electron chi connectivity index (χ2n) is 5.63. The number of nitrogens with two attached hydrogens (primary N) is 1. The molecule has 3 nitrogen and oxygen atoms in total. The molecule has 3 rings (SSSR count). The van der Waals surface area contributed by atoms with E-state index in [9.17, 15) is 4.39 Å². The van der Waals surface area contributed by atoms with E-state index in [-0.39, 0.29) is 22.4 Å². The van der Waals surface area contributed by atoms with Crippen molar-refractivity contribution >= 4 is 17.2 Å². The lowest BCUT2D eigenvalue weighted by atomic mass is 9.74. The van der Waals surface area contributed by atoms with Crippen LogP contribution in [0.3, 0.4) is 0 Å². The highest BCUT2D eigenvalue weighted by atomic mass is 32.1. The first kappa shape index (κ1) is 13.8. The maximum atomic E-state index is 14.0. The Bertz CT molecular complexity index is 531. The van der Waals surface area contributed by atoms with Crippen molar-refractivity contribution in [2.75, 3.05) is 6.61 Å². The fourth-order valence-corrected chi connectivity index (χ4v) is 3.06. The van der Waals surface area contributed by atoms with Crippen LogP contribution in [-0.2, 0) is 4.74 Å². The van der Waals surface area contributed by atoms with Crippen molar-refractivity contribution in [2.45, 2.75) is 43.8 Å². The SMILES string of the molecule is NC(=S)c1ccc(OC2CCOC3(CCC3)C2)c(F)c1. The number of hydrogen-bond acceptors (Lipinski definition) is 3. The van der Waals surface area contributed by atoms with Crippen LogP contribution in [0.5, 0.6) is 5.75 Å². The lowest BCUT2D eigenvalue weighted by molar-refractivity contribution is -0.153. The summed E-state index contributed by atoms with van der Waals surface area (Å²) in [6.07, 6.45) is 5.07. The molecule has 108 valence electrons. The van der Waals surface area contributed by atoms with Crippen molar-refractivity contribution < 1.29 is 13.9 Å². The monoisotopic (exact) mass is 295 g/mol. The number of hydrogen-bond donors (Lipinski definition) is 1. The molecule has 1 aromatic carbocycles. The fourth-order valence-electron chi connectivity index (χ4n) is 2.93. The van der Waals surface area contributed by atoms with E-state index in [1.165, 1.54) is 12.5 Å². The van der Waals surface area contributed by atoms with E-state index in [1.54, 1.807) is 12.1 Å². The molecular weight excluding hydrogens is 277 g/mol. The van der Waals surface area contributed by atoms with Crippen molar-refractivity contribution in [1.82, 2.24) is 0 Å². The van der Waals surface area contributed by atoms with E-state index in [1.807, 2.05) is 0 Å². The predicted molar refractivity (Wildman–Crippen MR) is 78.5 cm³/mol. The summed E-state index contributed by atoms with van der Waals surface area (Å²) in [7, 11) is 0. The molecule has 1 saturated heterocycles. The zero-order valence-electron chi connectivity index (χ0n) is 11.2. The molecule has 1 spiro atoms. The summed E-state index contributed by atoms with van der Waals surface area (Å²) < 4.78 is 25.6. The Balaban J connectivity index is 1.69. The molecule has 0 radical (unpaired) electrons. The molecule has 5 heteroatoms. The Morgan fingerprint density at radius 2 is 2.25 bits per heavy atom. The second-order valence-corrected chi connectivity index (χ2v) is 6.07. The smallest absolute Gasteiger partial charge is 0.165 e. The zero-order chi connectivity index (χ0) is 14.2. The summed E-state index contributed by atoms with van der Waals surface area (Å²) in [5.41, 5.74) is 6.00. The van der Waals surface area contributed by atoms with Gasteiger partial charge in [0.1, 0.15) is 11.1 Å². The average Bonchev–Trinajstić information content (AvgIpc) is 2.39. The lowest BCUT2D eigenvalue weighted by Gasteiger charge is -2.46. The topological polar surface area (TPSA) is 44.5 Å². The minimum atomic E-state index is -0.413. The summed E-state index contributed by atoms with van der Waals surface area (Å²) in [6.45, 7) is 0.692. The average molecular weight is 295 g/mol. The standard InChI is InChI=1S/C15H18FNO2S/c16-12-8-10(14(17)20)2-3-13(12)19-11-4-7-18-15(9-11)5-1-6-15/h2-3,8,11H,1,4-7,9H2,(H2,17,20). The van der Waals surface area contributed by atoms with Gasteiger partial charge in [-0.2, -0.15) is 0 Å². The normalized spacial score (nSPS) is 24.1. The van der Waals surface area contributed by atoms with Crippen molar-refractivity contribution in [2.24, 2.45) is 5.73 Å². The minimum Gasteiger partial charge on any atom is -0.487 e. The van der Waals surface area contributed by atoms with Crippen molar-refractivity contribution in [3.05, 3.63) is 29.6 Å². The fraction of sp³-hybridized carbons (Fsp3) is 0.533. The summed E-state index contributed by atoms with van der Waals surface area (Å²) in [5.74, 6) is -0.143. The van der Waals surface area contributed by atoms with Crippen LogP contribution in [0.25, 0.3) is 0 Å². The van der Waals surface area contributed by atoms with Crippen LogP contribution in [0.2, 0.25) is 0 Å². The molecule has 1 heterocycles. The van der Waals surface area contributed by atoms with Crippen molar-refractivity contribution in [3.63, 3.8) is 0 Å². The maximum Gasteiger partial charge on any atom is 0.165 e. The molecule has 0 bridgehead atoms. The Labute approximate surface area is 123 Å². The van der Waals surface area contributed by atoms with Crippen LogP contribution in [0.15, 0.2) is 18.2 Å². The van der Waals surface area contributed by atoms with Gasteiger partial charge in [-0.3, -0.25) is 0 Å². The number of ether oxygens (including phenoxy) is 2. The zero-order valence-corrected chi connectivity index (χ0v) is 12.0. The number of thiocarbonyl (C=S) groups is 1. The third-order valence-electron chi connectivity index (χ3n) is 4.22. The van der Waals surface area contributed by atoms with Gasteiger partial charge in [-0.25, -0.2) is 4.39 Å². The van der Waals surface area contributed by atoms with E-state index in [0.29, 0.717) is 12.2 Å². The first-order valence-corrected chi connectivity index (χ1v) is 7.39. The Hall–Kier alpha value is -1.20. The molecule has 1 atom stereocenters. The third-order valence-corrected chi connectivity index (χ3v) is 4.46. The molecule has 1 unspecified atom stereocenters. The van der Waals surface area contributed by atoms with Gasteiger partial charge in [-0.15, -0.1) is 0 Å². The Morgan fingerprint density at radius 3 is 2.85 bits per heavy atom. The van der Waals surface area contributed by atoms with Crippen molar-refractivity contribution in [1.29, 1.82) is 0 Å². The highest BCUT2D eigenvalue weighted by Gasteiger charge is 2.43. The van der Waals surface area contributed by atoms with Crippen LogP contribution in [0, 0.1) is 5.82 Å². The van der Waals surface area contributed by atoms with Gasteiger partial charge >= 0.3 is 0 Å². The summed E-state index contributed by atoms with van der Waals surface area (Å²) >= 11 is 4.83. The van der Waals surface area contributed by atoms with Gasteiger partial charge < -0.3 is 15.2 Å². The Morgan fingerprint density at radius 1 is 1.45 bits per heavy atom. The number of benzene rings is 1. The second kappa shape index (κ2) is 5.30. The van der Waals surface area contributed by atoms with Crippen LogP contribution in [0.1, 0.15) is 37.7 Å². The third kappa shape index (κ3) is 2.65. The van der Waals surface area contributed by atoms with E-state index < -0.39 is 5.82 Å². The van der Waals surface area contributed by atoms with Gasteiger partial charge in [0, 0.05) is 18.4 Å². The van der Waals surface area contributed by atoms with E-state index >= 15 is 0 Å². The molecule has 2 aliphatic rings. The Kier molecular flexibility index (Phi) is 3.65. The lowest BCUT2D eigenvalue weighted by Crippen LogP contribution is -2.48. The van der Waals surface area contributed by atoms with Crippen LogP contribution < -0.4 is 10.5 Å². The van der Waals surface area contributed by atoms with Gasteiger partial charge in [0.25, 0.3) is 0 Å². The maximum absolute atomic E-state index is 14.0. The molecule has 0 amide bonds. The molecule has 2 N–H and O–H groups in total. The van der Waals surface area contributed by atoms with Crippen molar-refractivity contribution in [3.8, 4) is 5.75 Å².